The van der Waals surface area contributed by atoms with Gasteiger partial charge in [-0.2, -0.15) is 0 Å². The predicted molar refractivity (Wildman–Crippen MR) is 113 cm³/mol. The lowest BCUT2D eigenvalue weighted by atomic mass is 10.0. The van der Waals surface area contributed by atoms with Crippen LogP contribution >= 0.6 is 22.7 Å². The fourth-order valence-electron chi connectivity index (χ4n) is 2.96. The fraction of sp³-hybridized carbons (Fsp3) is 0.636. The van der Waals surface area contributed by atoms with Crippen LogP contribution in [0.4, 0.5) is 0 Å². The molecular weight excluding hydrogens is 328 g/mol. The minimum absolute atomic E-state index is 0.632. The molecule has 0 aliphatic rings. The molecule has 0 nitrogen and oxygen atoms in total. The molecule has 24 heavy (non-hydrogen) atoms. The first kappa shape index (κ1) is 19.7. The highest BCUT2D eigenvalue weighted by molar-refractivity contribution is 7.22. The zero-order chi connectivity index (χ0) is 17.7. The minimum atomic E-state index is 0.632. The summed E-state index contributed by atoms with van der Waals surface area (Å²) in [7, 11) is 0. The summed E-state index contributed by atoms with van der Waals surface area (Å²) in [5.41, 5.74) is 3.20. The molecule has 2 aromatic rings. The van der Waals surface area contributed by atoms with E-state index in [1.165, 1.54) is 38.5 Å². The van der Waals surface area contributed by atoms with E-state index in [0.29, 0.717) is 11.8 Å². The zero-order valence-electron chi connectivity index (χ0n) is 16.4. The summed E-state index contributed by atoms with van der Waals surface area (Å²) < 4.78 is 0. The van der Waals surface area contributed by atoms with Crippen LogP contribution in [0.15, 0.2) is 12.1 Å². The first-order valence-electron chi connectivity index (χ1n) is 9.73. The van der Waals surface area contributed by atoms with Crippen LogP contribution in [0.5, 0.6) is 0 Å². The number of thiophene rings is 2. The first-order chi connectivity index (χ1) is 11.5. The van der Waals surface area contributed by atoms with Gasteiger partial charge in [-0.3, -0.25) is 0 Å². The normalized spacial score (nSPS) is 11.8. The van der Waals surface area contributed by atoms with Gasteiger partial charge < -0.3 is 0 Å². The maximum atomic E-state index is 2.50. The molecule has 0 N–H and O–H groups in total. The standard InChI is InChI=1S/C22H34S2/c1-7-9-11-17-13-19(15(3)4)23-21(17)22-18(12-10-8-2)14-20(24-22)16(5)6/h13-16H,7-12H2,1-6H3. The van der Waals surface area contributed by atoms with Crippen molar-refractivity contribution < 1.29 is 0 Å². The van der Waals surface area contributed by atoms with E-state index in [4.69, 9.17) is 0 Å². The Bertz CT molecular complexity index is 572. The summed E-state index contributed by atoms with van der Waals surface area (Å²) >= 11 is 4.11. The number of rotatable bonds is 9. The van der Waals surface area contributed by atoms with Crippen molar-refractivity contribution in [2.24, 2.45) is 0 Å². The molecule has 0 saturated carbocycles. The fourth-order valence-corrected chi connectivity index (χ4v) is 5.59. The van der Waals surface area contributed by atoms with Gasteiger partial charge in [-0.1, -0.05) is 54.4 Å². The number of hydrogen-bond acceptors (Lipinski definition) is 2. The maximum absolute atomic E-state index is 2.50. The second-order valence-corrected chi connectivity index (χ2v) is 9.69. The van der Waals surface area contributed by atoms with Crippen molar-refractivity contribution >= 4 is 22.7 Å². The molecule has 0 bridgehead atoms. The predicted octanol–water partition coefficient (Wildman–Crippen LogP) is 8.41. The van der Waals surface area contributed by atoms with Gasteiger partial charge in [0.2, 0.25) is 0 Å². The van der Waals surface area contributed by atoms with Gasteiger partial charge in [-0.25, -0.2) is 0 Å². The zero-order valence-corrected chi connectivity index (χ0v) is 18.0. The van der Waals surface area contributed by atoms with Gasteiger partial charge in [0.15, 0.2) is 0 Å². The summed E-state index contributed by atoms with van der Waals surface area (Å²) in [5, 5.41) is 0. The second kappa shape index (κ2) is 9.20. The van der Waals surface area contributed by atoms with E-state index in [1.807, 2.05) is 0 Å². The number of aryl methyl sites for hydroxylation is 2. The largest absolute Gasteiger partial charge is 0.139 e. The van der Waals surface area contributed by atoms with Gasteiger partial charge in [0.05, 0.1) is 0 Å². The molecule has 2 aromatic heterocycles. The topological polar surface area (TPSA) is 0 Å². The van der Waals surface area contributed by atoms with Crippen molar-refractivity contribution in [3.63, 3.8) is 0 Å². The quantitative estimate of drug-likeness (QED) is 0.420. The smallest absolute Gasteiger partial charge is 0.0480 e. The Balaban J connectivity index is 2.47. The molecule has 2 heteroatoms. The van der Waals surface area contributed by atoms with Crippen molar-refractivity contribution in [1.29, 1.82) is 0 Å². The number of unbranched alkanes of at least 4 members (excludes halogenated alkanes) is 2. The van der Waals surface area contributed by atoms with E-state index >= 15 is 0 Å². The first-order valence-corrected chi connectivity index (χ1v) is 11.4. The van der Waals surface area contributed by atoms with Gasteiger partial charge in [-0.05, 0) is 60.8 Å². The Labute approximate surface area is 157 Å². The lowest BCUT2D eigenvalue weighted by Crippen LogP contribution is -1.88. The molecule has 0 saturated heterocycles. The Morgan fingerprint density at radius 2 is 1.08 bits per heavy atom. The maximum Gasteiger partial charge on any atom is 0.0480 e. The van der Waals surface area contributed by atoms with E-state index in [-0.39, 0.29) is 0 Å². The van der Waals surface area contributed by atoms with Crippen molar-refractivity contribution in [2.45, 2.75) is 91.9 Å². The Morgan fingerprint density at radius 3 is 1.38 bits per heavy atom. The SMILES string of the molecule is CCCCc1cc(C(C)C)sc1-c1sc(C(C)C)cc1CCCC. The van der Waals surface area contributed by atoms with Gasteiger partial charge >= 0.3 is 0 Å². The molecule has 134 valence electrons. The highest BCUT2D eigenvalue weighted by atomic mass is 32.1. The van der Waals surface area contributed by atoms with E-state index < -0.39 is 0 Å². The summed E-state index contributed by atoms with van der Waals surface area (Å²) in [5.74, 6) is 1.26. The van der Waals surface area contributed by atoms with E-state index in [9.17, 15) is 0 Å². The van der Waals surface area contributed by atoms with Crippen molar-refractivity contribution in [3.8, 4) is 9.75 Å². The van der Waals surface area contributed by atoms with Crippen LogP contribution in [0.3, 0.4) is 0 Å². The molecule has 0 atom stereocenters. The molecule has 0 aliphatic carbocycles. The van der Waals surface area contributed by atoms with Crippen molar-refractivity contribution in [2.75, 3.05) is 0 Å². The highest BCUT2D eigenvalue weighted by Crippen LogP contribution is 2.44. The van der Waals surface area contributed by atoms with E-state index in [0.717, 1.165) is 0 Å². The van der Waals surface area contributed by atoms with Crippen LogP contribution in [-0.2, 0) is 12.8 Å². The van der Waals surface area contributed by atoms with Gasteiger partial charge in [0.25, 0.3) is 0 Å². The molecule has 0 amide bonds. The van der Waals surface area contributed by atoms with Crippen LogP contribution in [0.25, 0.3) is 9.75 Å². The molecule has 0 aromatic carbocycles. The van der Waals surface area contributed by atoms with Crippen LogP contribution in [-0.4, -0.2) is 0 Å². The van der Waals surface area contributed by atoms with Crippen LogP contribution in [0.2, 0.25) is 0 Å². The van der Waals surface area contributed by atoms with E-state index in [1.54, 1.807) is 30.6 Å². The van der Waals surface area contributed by atoms with Crippen LogP contribution < -0.4 is 0 Å². The Hall–Kier alpha value is -0.600. The molecule has 0 spiro atoms. The molecule has 0 unspecified atom stereocenters. The lowest BCUT2D eigenvalue weighted by Gasteiger charge is -2.05. The summed E-state index contributed by atoms with van der Waals surface area (Å²) in [6.07, 6.45) is 7.61. The third-order valence-corrected chi connectivity index (χ3v) is 7.72. The molecule has 2 rings (SSSR count). The number of hydrogen-bond donors (Lipinski definition) is 0. The average Bonchev–Trinajstić information content (AvgIpc) is 3.14. The summed E-state index contributed by atoms with van der Waals surface area (Å²) in [6, 6.07) is 5.00. The van der Waals surface area contributed by atoms with Gasteiger partial charge in [0, 0.05) is 19.5 Å². The third-order valence-electron chi connectivity index (χ3n) is 4.60. The monoisotopic (exact) mass is 362 g/mol. The summed E-state index contributed by atoms with van der Waals surface area (Å²) in [6.45, 7) is 13.9. The molecule has 0 radical (unpaired) electrons. The van der Waals surface area contributed by atoms with Gasteiger partial charge in [-0.15, -0.1) is 22.7 Å². The van der Waals surface area contributed by atoms with Crippen molar-refractivity contribution in [1.82, 2.24) is 0 Å². The molecule has 0 aliphatic heterocycles. The Morgan fingerprint density at radius 1 is 0.708 bits per heavy atom. The summed E-state index contributed by atoms with van der Waals surface area (Å²) in [4.78, 5) is 6.26. The van der Waals surface area contributed by atoms with Crippen LogP contribution in [0.1, 0.15) is 99.9 Å². The van der Waals surface area contributed by atoms with Crippen molar-refractivity contribution in [3.05, 3.63) is 33.0 Å². The highest BCUT2D eigenvalue weighted by Gasteiger charge is 2.19. The average molecular weight is 363 g/mol. The van der Waals surface area contributed by atoms with Crippen LogP contribution in [0, 0.1) is 0 Å². The Kier molecular flexibility index (Phi) is 7.56. The van der Waals surface area contributed by atoms with E-state index in [2.05, 4.69) is 76.3 Å². The second-order valence-electron chi connectivity index (χ2n) is 7.52. The lowest BCUT2D eigenvalue weighted by molar-refractivity contribution is 0.792. The molecule has 0 fully saturated rings. The minimum Gasteiger partial charge on any atom is -0.139 e. The third kappa shape index (κ3) is 4.73. The molecular formula is C22H34S2. The molecule has 2 heterocycles. The van der Waals surface area contributed by atoms with Gasteiger partial charge in [0.1, 0.15) is 0 Å².